The highest BCUT2D eigenvalue weighted by atomic mass is 14.2. The summed E-state index contributed by atoms with van der Waals surface area (Å²) in [5.41, 5.74) is 0. The molecular weight excluding hydrogens is 192 g/mol. The lowest BCUT2D eigenvalue weighted by Gasteiger charge is -2.25. The fourth-order valence-electron chi connectivity index (χ4n) is 2.50. The molecule has 0 spiro atoms. The van der Waals surface area contributed by atoms with Crippen LogP contribution in [-0.4, -0.2) is 0 Å². The van der Waals surface area contributed by atoms with E-state index in [9.17, 15) is 0 Å². The third-order valence-corrected chi connectivity index (χ3v) is 4.30. The van der Waals surface area contributed by atoms with E-state index in [4.69, 9.17) is 0 Å². The molecule has 0 fully saturated rings. The van der Waals surface area contributed by atoms with Gasteiger partial charge in [-0.15, -0.1) is 0 Å². The maximum atomic E-state index is 2.42. The summed E-state index contributed by atoms with van der Waals surface area (Å²) in [6.45, 7) is 14.2. The molecule has 0 bridgehead atoms. The Labute approximate surface area is 104 Å². The van der Waals surface area contributed by atoms with Crippen molar-refractivity contribution in [2.24, 2.45) is 23.7 Å². The minimum absolute atomic E-state index is 0.915. The Balaban J connectivity index is 4.15. The first-order chi connectivity index (χ1) is 7.53. The minimum atomic E-state index is 0.915. The molecule has 0 aliphatic carbocycles. The predicted octanol–water partition coefficient (Wildman–Crippen LogP) is 5.91. The molecule has 0 aromatic carbocycles. The van der Waals surface area contributed by atoms with E-state index in [2.05, 4.69) is 41.5 Å². The highest BCUT2D eigenvalue weighted by molar-refractivity contribution is 4.68. The van der Waals surface area contributed by atoms with E-state index >= 15 is 0 Å². The van der Waals surface area contributed by atoms with Gasteiger partial charge in [-0.25, -0.2) is 0 Å². The Morgan fingerprint density at radius 3 is 1.00 bits per heavy atom. The van der Waals surface area contributed by atoms with E-state index in [-0.39, 0.29) is 0 Å². The van der Waals surface area contributed by atoms with Gasteiger partial charge in [-0.3, -0.25) is 0 Å². The Kier molecular flexibility index (Phi) is 9.07. The second kappa shape index (κ2) is 9.07. The van der Waals surface area contributed by atoms with Crippen LogP contribution in [0.5, 0.6) is 0 Å². The van der Waals surface area contributed by atoms with E-state index in [0.717, 1.165) is 23.7 Å². The fraction of sp³-hybridized carbons (Fsp3) is 1.00. The summed E-state index contributed by atoms with van der Waals surface area (Å²) in [5, 5.41) is 0. The second-order valence-corrected chi connectivity index (χ2v) is 6.11. The average molecular weight is 226 g/mol. The van der Waals surface area contributed by atoms with Crippen molar-refractivity contribution in [2.75, 3.05) is 0 Å². The second-order valence-electron chi connectivity index (χ2n) is 6.11. The Bertz CT molecular complexity index is 122. The van der Waals surface area contributed by atoms with Gasteiger partial charge in [0.2, 0.25) is 0 Å². The largest absolute Gasteiger partial charge is 0.0651 e. The average Bonchev–Trinajstić information content (AvgIpc) is 2.28. The highest BCUT2D eigenvalue weighted by Gasteiger charge is 2.17. The molecule has 0 aromatic rings. The Hall–Kier alpha value is 0. The van der Waals surface area contributed by atoms with Crippen LogP contribution in [0.3, 0.4) is 0 Å². The lowest BCUT2D eigenvalue weighted by atomic mass is 9.81. The van der Waals surface area contributed by atoms with Crippen molar-refractivity contribution in [3.8, 4) is 0 Å². The van der Waals surface area contributed by atoms with E-state index in [0.29, 0.717) is 0 Å². The maximum Gasteiger partial charge on any atom is -0.0407 e. The van der Waals surface area contributed by atoms with Gasteiger partial charge in [-0.1, -0.05) is 60.8 Å². The molecule has 0 saturated heterocycles. The van der Waals surface area contributed by atoms with Crippen LogP contribution in [-0.2, 0) is 0 Å². The van der Waals surface area contributed by atoms with Crippen molar-refractivity contribution < 1.29 is 0 Å². The Morgan fingerprint density at radius 2 is 0.812 bits per heavy atom. The van der Waals surface area contributed by atoms with E-state index < -0.39 is 0 Å². The normalized spacial score (nSPS) is 19.1. The van der Waals surface area contributed by atoms with Crippen LogP contribution in [0.15, 0.2) is 0 Å². The molecule has 0 radical (unpaired) electrons. The van der Waals surface area contributed by atoms with Crippen LogP contribution in [0.25, 0.3) is 0 Å². The molecule has 0 aliphatic rings. The summed E-state index contributed by atoms with van der Waals surface area (Å²) in [4.78, 5) is 0. The predicted molar refractivity (Wildman–Crippen MR) is 75.7 cm³/mol. The number of hydrogen-bond donors (Lipinski definition) is 0. The number of rotatable bonds is 9. The lowest BCUT2D eigenvalue weighted by Crippen LogP contribution is -2.13. The topological polar surface area (TPSA) is 0 Å². The maximum absolute atomic E-state index is 2.42. The van der Waals surface area contributed by atoms with Crippen LogP contribution in [0.2, 0.25) is 0 Å². The van der Waals surface area contributed by atoms with Crippen LogP contribution in [0.4, 0.5) is 0 Å². The van der Waals surface area contributed by atoms with Crippen molar-refractivity contribution in [1.29, 1.82) is 0 Å². The zero-order chi connectivity index (χ0) is 12.6. The standard InChI is InChI=1S/C16H34/c1-7-13(4)10-16(11-14(5)8-2)12-15(6)9-3/h13-16H,7-12H2,1-6H3. The van der Waals surface area contributed by atoms with Gasteiger partial charge < -0.3 is 0 Å². The van der Waals surface area contributed by atoms with Crippen LogP contribution in [0.1, 0.15) is 80.1 Å². The van der Waals surface area contributed by atoms with Crippen LogP contribution >= 0.6 is 0 Å². The molecule has 0 aromatic heterocycles. The van der Waals surface area contributed by atoms with Crippen molar-refractivity contribution in [1.82, 2.24) is 0 Å². The number of hydrogen-bond acceptors (Lipinski definition) is 0. The van der Waals surface area contributed by atoms with Gasteiger partial charge in [0, 0.05) is 0 Å². The van der Waals surface area contributed by atoms with Crippen molar-refractivity contribution in [3.63, 3.8) is 0 Å². The molecule has 0 nitrogen and oxygen atoms in total. The molecule has 0 rings (SSSR count). The summed E-state index contributed by atoms with van der Waals surface area (Å²) in [7, 11) is 0. The Morgan fingerprint density at radius 1 is 0.562 bits per heavy atom. The van der Waals surface area contributed by atoms with Crippen molar-refractivity contribution in [3.05, 3.63) is 0 Å². The molecule has 0 heterocycles. The van der Waals surface area contributed by atoms with Gasteiger partial charge in [0.1, 0.15) is 0 Å². The highest BCUT2D eigenvalue weighted by Crippen LogP contribution is 2.29. The third-order valence-electron chi connectivity index (χ3n) is 4.30. The zero-order valence-electron chi connectivity index (χ0n) is 12.6. The van der Waals surface area contributed by atoms with Gasteiger partial charge in [-0.05, 0) is 42.9 Å². The van der Waals surface area contributed by atoms with Gasteiger partial charge >= 0.3 is 0 Å². The SMILES string of the molecule is CCC(C)CC(CC(C)CC)CC(C)CC. The summed E-state index contributed by atoms with van der Waals surface area (Å²) in [6.07, 6.45) is 8.38. The van der Waals surface area contributed by atoms with Crippen molar-refractivity contribution in [2.45, 2.75) is 80.1 Å². The molecule has 3 atom stereocenters. The first-order valence-corrected chi connectivity index (χ1v) is 7.53. The van der Waals surface area contributed by atoms with Crippen LogP contribution < -0.4 is 0 Å². The summed E-state index contributed by atoms with van der Waals surface area (Å²) in [5.74, 6) is 3.72. The lowest BCUT2D eigenvalue weighted by molar-refractivity contribution is 0.264. The zero-order valence-corrected chi connectivity index (χ0v) is 12.6. The van der Waals surface area contributed by atoms with Gasteiger partial charge in [0.15, 0.2) is 0 Å². The quantitative estimate of drug-likeness (QED) is 0.458. The fourth-order valence-corrected chi connectivity index (χ4v) is 2.50. The molecule has 0 saturated carbocycles. The minimum Gasteiger partial charge on any atom is -0.0651 e. The van der Waals surface area contributed by atoms with E-state index in [1.54, 1.807) is 0 Å². The molecule has 3 unspecified atom stereocenters. The van der Waals surface area contributed by atoms with E-state index in [1.807, 2.05) is 0 Å². The summed E-state index contributed by atoms with van der Waals surface area (Å²) >= 11 is 0. The molecule has 0 aliphatic heterocycles. The molecule has 0 N–H and O–H groups in total. The van der Waals surface area contributed by atoms with Crippen LogP contribution in [0, 0.1) is 23.7 Å². The van der Waals surface area contributed by atoms with Crippen molar-refractivity contribution >= 4 is 0 Å². The molecular formula is C16H34. The molecule has 98 valence electrons. The molecule has 0 heteroatoms. The summed E-state index contributed by atoms with van der Waals surface area (Å²) < 4.78 is 0. The third kappa shape index (κ3) is 7.30. The van der Waals surface area contributed by atoms with Gasteiger partial charge in [-0.2, -0.15) is 0 Å². The molecule has 0 amide bonds. The first kappa shape index (κ1) is 16.0. The van der Waals surface area contributed by atoms with Gasteiger partial charge in [0.25, 0.3) is 0 Å². The summed E-state index contributed by atoms with van der Waals surface area (Å²) in [6, 6.07) is 0. The monoisotopic (exact) mass is 226 g/mol. The smallest absolute Gasteiger partial charge is 0.0407 e. The molecule has 16 heavy (non-hydrogen) atoms. The van der Waals surface area contributed by atoms with Gasteiger partial charge in [0.05, 0.1) is 0 Å². The van der Waals surface area contributed by atoms with E-state index in [1.165, 1.54) is 38.5 Å². The first-order valence-electron chi connectivity index (χ1n) is 7.53.